The van der Waals surface area contributed by atoms with Gasteiger partial charge in [0.15, 0.2) is 0 Å². The second-order valence-electron chi connectivity index (χ2n) is 5.09. The Morgan fingerprint density at radius 3 is 2.68 bits per heavy atom. The average Bonchev–Trinajstić information content (AvgIpc) is 2.93. The summed E-state index contributed by atoms with van der Waals surface area (Å²) in [5.41, 5.74) is 2.23. The van der Waals surface area contributed by atoms with Crippen LogP contribution in [0.1, 0.15) is 36.2 Å². The molecule has 0 saturated heterocycles. The van der Waals surface area contributed by atoms with Gasteiger partial charge in [-0.25, -0.2) is 0 Å². The van der Waals surface area contributed by atoms with E-state index in [4.69, 9.17) is 0 Å². The van der Waals surface area contributed by atoms with Crippen molar-refractivity contribution in [2.75, 3.05) is 0 Å². The highest BCUT2D eigenvalue weighted by molar-refractivity contribution is 9.10. The minimum atomic E-state index is 0.391. The number of rotatable bonds is 5. The van der Waals surface area contributed by atoms with Crippen molar-refractivity contribution in [1.29, 1.82) is 0 Å². The van der Waals surface area contributed by atoms with Gasteiger partial charge in [0, 0.05) is 24.5 Å². The molecule has 2 heterocycles. The Bertz CT molecular complexity index is 531. The molecule has 2 rings (SSSR count). The smallest absolute Gasteiger partial charge is 0.0739 e. The number of nitrogens with one attached hydrogen (secondary N) is 1. The lowest BCUT2D eigenvalue weighted by Gasteiger charge is -2.21. The highest BCUT2D eigenvalue weighted by Gasteiger charge is 2.18. The molecule has 1 unspecified atom stereocenters. The molecular weight excluding hydrogens is 322 g/mol. The standard InChI is InChI=1S/C14H20BrN3S/c1-9(2)14(12-6-5-7-19-12)16-8-11-13(15)10(3)17-18(11)4/h5-7,9,14,16H,8H2,1-4H3. The van der Waals surface area contributed by atoms with Gasteiger partial charge in [0.2, 0.25) is 0 Å². The predicted molar refractivity (Wildman–Crippen MR) is 84.4 cm³/mol. The number of aromatic nitrogens is 2. The van der Waals surface area contributed by atoms with Crippen LogP contribution < -0.4 is 5.32 Å². The van der Waals surface area contributed by atoms with Crippen LogP contribution in [0.3, 0.4) is 0 Å². The summed E-state index contributed by atoms with van der Waals surface area (Å²) in [6.07, 6.45) is 0. The number of hydrogen-bond acceptors (Lipinski definition) is 3. The highest BCUT2D eigenvalue weighted by Crippen LogP contribution is 2.27. The van der Waals surface area contributed by atoms with Crippen molar-refractivity contribution in [3.63, 3.8) is 0 Å². The van der Waals surface area contributed by atoms with Crippen LogP contribution in [0.15, 0.2) is 22.0 Å². The summed E-state index contributed by atoms with van der Waals surface area (Å²) < 4.78 is 3.05. The van der Waals surface area contributed by atoms with E-state index >= 15 is 0 Å². The van der Waals surface area contributed by atoms with Crippen molar-refractivity contribution in [2.45, 2.75) is 33.4 Å². The van der Waals surface area contributed by atoms with E-state index in [1.165, 1.54) is 10.6 Å². The van der Waals surface area contributed by atoms with Gasteiger partial charge in [-0.15, -0.1) is 11.3 Å². The summed E-state index contributed by atoms with van der Waals surface area (Å²) in [6, 6.07) is 4.70. The van der Waals surface area contributed by atoms with Gasteiger partial charge in [-0.05, 0) is 40.2 Å². The molecule has 0 amide bonds. The fourth-order valence-corrected chi connectivity index (χ4v) is 3.66. The lowest BCUT2D eigenvalue weighted by atomic mass is 10.0. The summed E-state index contributed by atoms with van der Waals surface area (Å²) in [5.74, 6) is 0.562. The van der Waals surface area contributed by atoms with Crippen LogP contribution >= 0.6 is 27.3 Å². The third-order valence-corrected chi connectivity index (χ3v) is 5.25. The van der Waals surface area contributed by atoms with Gasteiger partial charge in [0.1, 0.15) is 0 Å². The highest BCUT2D eigenvalue weighted by atomic mass is 79.9. The largest absolute Gasteiger partial charge is 0.303 e. The fourth-order valence-electron chi connectivity index (χ4n) is 2.21. The van der Waals surface area contributed by atoms with E-state index < -0.39 is 0 Å². The molecule has 1 N–H and O–H groups in total. The molecule has 0 bridgehead atoms. The maximum Gasteiger partial charge on any atom is 0.0739 e. The van der Waals surface area contributed by atoms with Crippen molar-refractivity contribution in [3.8, 4) is 0 Å². The molecule has 0 fully saturated rings. The third-order valence-electron chi connectivity index (χ3n) is 3.27. The SMILES string of the molecule is Cc1nn(C)c(CNC(c2cccs2)C(C)C)c1Br. The number of hydrogen-bond donors (Lipinski definition) is 1. The molecule has 0 aliphatic carbocycles. The Kier molecular flexibility index (Phi) is 4.81. The minimum absolute atomic E-state index is 0.391. The Labute approximate surface area is 127 Å². The number of nitrogens with zero attached hydrogens (tertiary/aromatic N) is 2. The van der Waals surface area contributed by atoms with E-state index in [-0.39, 0.29) is 0 Å². The monoisotopic (exact) mass is 341 g/mol. The Hall–Kier alpha value is -0.650. The third kappa shape index (κ3) is 3.27. The summed E-state index contributed by atoms with van der Waals surface area (Å²) in [4.78, 5) is 1.39. The van der Waals surface area contributed by atoms with E-state index in [1.54, 1.807) is 0 Å². The summed E-state index contributed by atoms with van der Waals surface area (Å²) in [5, 5.41) is 10.2. The molecule has 5 heteroatoms. The molecule has 2 aromatic rings. The first-order valence-corrected chi connectivity index (χ1v) is 8.12. The molecule has 0 aromatic carbocycles. The van der Waals surface area contributed by atoms with Crippen molar-refractivity contribution in [3.05, 3.63) is 38.3 Å². The lowest BCUT2D eigenvalue weighted by molar-refractivity contribution is 0.410. The zero-order chi connectivity index (χ0) is 14.0. The normalized spacial score (nSPS) is 13.2. The first-order chi connectivity index (χ1) is 9.00. The molecule has 104 valence electrons. The van der Waals surface area contributed by atoms with E-state index in [0.717, 1.165) is 16.7 Å². The fraction of sp³-hybridized carbons (Fsp3) is 0.500. The summed E-state index contributed by atoms with van der Waals surface area (Å²) in [6.45, 7) is 7.34. The van der Waals surface area contributed by atoms with Gasteiger partial charge >= 0.3 is 0 Å². The van der Waals surface area contributed by atoms with Crippen LogP contribution in [-0.2, 0) is 13.6 Å². The number of halogens is 1. The molecule has 0 aliphatic heterocycles. The molecule has 0 spiro atoms. The molecule has 19 heavy (non-hydrogen) atoms. The van der Waals surface area contributed by atoms with E-state index in [9.17, 15) is 0 Å². The van der Waals surface area contributed by atoms with E-state index in [0.29, 0.717) is 12.0 Å². The predicted octanol–water partition coefficient (Wildman–Crippen LogP) is 4.04. The Morgan fingerprint density at radius 1 is 1.47 bits per heavy atom. The summed E-state index contributed by atoms with van der Waals surface area (Å²) >= 11 is 5.43. The molecule has 1 atom stereocenters. The van der Waals surface area contributed by atoms with Crippen LogP contribution in [0.25, 0.3) is 0 Å². The minimum Gasteiger partial charge on any atom is -0.303 e. The van der Waals surface area contributed by atoms with Crippen molar-refractivity contribution in [2.24, 2.45) is 13.0 Å². The average molecular weight is 342 g/mol. The second kappa shape index (κ2) is 6.20. The zero-order valence-corrected chi connectivity index (χ0v) is 14.2. The summed E-state index contributed by atoms with van der Waals surface area (Å²) in [7, 11) is 1.99. The zero-order valence-electron chi connectivity index (χ0n) is 11.8. The van der Waals surface area contributed by atoms with Gasteiger partial charge in [-0.1, -0.05) is 19.9 Å². The first kappa shape index (κ1) is 14.8. The molecule has 0 aliphatic rings. The first-order valence-electron chi connectivity index (χ1n) is 6.45. The van der Waals surface area contributed by atoms with Crippen LogP contribution in [0.2, 0.25) is 0 Å². The molecule has 2 aromatic heterocycles. The topological polar surface area (TPSA) is 29.9 Å². The number of aryl methyl sites for hydroxylation is 2. The van der Waals surface area contributed by atoms with E-state index in [2.05, 4.69) is 57.7 Å². The van der Waals surface area contributed by atoms with Crippen LogP contribution in [0, 0.1) is 12.8 Å². The molecule has 3 nitrogen and oxygen atoms in total. The van der Waals surface area contributed by atoms with Gasteiger partial charge in [-0.2, -0.15) is 5.10 Å². The van der Waals surface area contributed by atoms with Crippen molar-refractivity contribution < 1.29 is 0 Å². The van der Waals surface area contributed by atoms with Gasteiger partial charge in [0.25, 0.3) is 0 Å². The Balaban J connectivity index is 2.11. The van der Waals surface area contributed by atoms with Crippen LogP contribution in [-0.4, -0.2) is 9.78 Å². The maximum atomic E-state index is 4.43. The number of thiophene rings is 1. The molecule has 0 saturated carbocycles. The van der Waals surface area contributed by atoms with Gasteiger partial charge < -0.3 is 5.32 Å². The van der Waals surface area contributed by atoms with Crippen LogP contribution in [0.4, 0.5) is 0 Å². The molecule has 0 radical (unpaired) electrons. The van der Waals surface area contributed by atoms with Crippen molar-refractivity contribution >= 4 is 27.3 Å². The van der Waals surface area contributed by atoms with Crippen LogP contribution in [0.5, 0.6) is 0 Å². The lowest BCUT2D eigenvalue weighted by Crippen LogP contribution is -2.25. The quantitative estimate of drug-likeness (QED) is 0.889. The second-order valence-corrected chi connectivity index (χ2v) is 6.86. The van der Waals surface area contributed by atoms with Crippen molar-refractivity contribution in [1.82, 2.24) is 15.1 Å². The van der Waals surface area contributed by atoms with Gasteiger partial charge in [0.05, 0.1) is 15.9 Å². The Morgan fingerprint density at radius 2 is 2.21 bits per heavy atom. The molecular formula is C14H20BrN3S. The van der Waals surface area contributed by atoms with E-state index in [1.807, 2.05) is 30.0 Å². The maximum absolute atomic E-state index is 4.43. The van der Waals surface area contributed by atoms with Gasteiger partial charge in [-0.3, -0.25) is 4.68 Å².